The van der Waals surface area contributed by atoms with E-state index < -0.39 is 23.5 Å². The minimum absolute atomic E-state index is 0.0900. The van der Waals surface area contributed by atoms with Gasteiger partial charge in [-0.3, -0.25) is 14.5 Å². The largest absolute Gasteiger partial charge is 0.507 e. The maximum Gasteiger partial charge on any atom is 0.295 e. The lowest BCUT2D eigenvalue weighted by molar-refractivity contribution is -0.140. The molecule has 1 N–H and O–H groups in total. The molecule has 2 heterocycles. The second-order valence-electron chi connectivity index (χ2n) is 7.62. The Balaban J connectivity index is 1.76. The molecule has 0 spiro atoms. The van der Waals surface area contributed by atoms with Gasteiger partial charge in [0.1, 0.15) is 11.6 Å². The van der Waals surface area contributed by atoms with E-state index in [4.69, 9.17) is 27.9 Å². The number of benzene rings is 2. The molecule has 2 saturated heterocycles. The van der Waals surface area contributed by atoms with Crippen molar-refractivity contribution in [3.63, 3.8) is 0 Å². The third-order valence-corrected chi connectivity index (χ3v) is 6.24. The van der Waals surface area contributed by atoms with Gasteiger partial charge >= 0.3 is 0 Å². The molecular weight excluding hydrogens is 458 g/mol. The fourth-order valence-electron chi connectivity index (χ4n) is 3.99. The fraction of sp³-hybridized carbons (Fsp3) is 0.304. The summed E-state index contributed by atoms with van der Waals surface area (Å²) in [5.41, 5.74) is 0.612. The lowest BCUT2D eigenvalue weighted by Gasteiger charge is -2.31. The first-order valence-electron chi connectivity index (χ1n) is 10.2. The molecule has 2 aromatic rings. The first kappa shape index (κ1) is 22.7. The number of amides is 1. The molecule has 0 radical (unpaired) electrons. The second kappa shape index (κ2) is 9.58. The highest BCUT2D eigenvalue weighted by atomic mass is 35.5. The Morgan fingerprint density at radius 2 is 1.75 bits per heavy atom. The summed E-state index contributed by atoms with van der Waals surface area (Å²) in [6, 6.07) is 8.94. The summed E-state index contributed by atoms with van der Waals surface area (Å²) in [5.74, 6) is -2.40. The minimum atomic E-state index is -0.897. The van der Waals surface area contributed by atoms with Gasteiger partial charge in [0, 0.05) is 41.8 Å². The van der Waals surface area contributed by atoms with E-state index in [0.717, 1.165) is 13.1 Å². The number of likely N-dealkylation sites (tertiary alicyclic amines) is 1. The van der Waals surface area contributed by atoms with E-state index in [1.807, 2.05) is 0 Å². The number of aliphatic hydroxyl groups is 1. The van der Waals surface area contributed by atoms with Gasteiger partial charge in [-0.25, -0.2) is 4.39 Å². The zero-order valence-electron chi connectivity index (χ0n) is 17.1. The number of rotatable bonds is 5. The first-order valence-corrected chi connectivity index (χ1v) is 10.9. The number of Topliss-reactive ketones (excluding diaryl/α,β-unsaturated/α-hetero) is 1. The standard InChI is InChI=1S/C23H21Cl2FN2O4/c24-15-3-6-17(18(25)13-15)20-19(21(29)14-1-4-16(26)5-2-14)22(30)23(31)28(20)8-7-27-9-11-32-12-10-27/h1-6,13,20,29H,7-12H2/t20-/m0/s1. The number of nitrogens with zero attached hydrogens (tertiary/aromatic N) is 2. The van der Waals surface area contributed by atoms with Crippen LogP contribution in [0.15, 0.2) is 48.0 Å². The number of carbonyl (C=O) groups excluding carboxylic acids is 2. The fourth-order valence-corrected chi connectivity index (χ4v) is 4.51. The van der Waals surface area contributed by atoms with E-state index in [2.05, 4.69) is 4.90 Å². The predicted molar refractivity (Wildman–Crippen MR) is 119 cm³/mol. The minimum Gasteiger partial charge on any atom is -0.507 e. The molecule has 4 rings (SSSR count). The van der Waals surface area contributed by atoms with Crippen molar-refractivity contribution in [2.75, 3.05) is 39.4 Å². The topological polar surface area (TPSA) is 70.1 Å². The van der Waals surface area contributed by atoms with Gasteiger partial charge in [-0.05, 0) is 42.0 Å². The Kier molecular flexibility index (Phi) is 6.81. The van der Waals surface area contributed by atoms with Gasteiger partial charge in [0.25, 0.3) is 11.7 Å². The molecule has 0 unspecified atom stereocenters. The number of hydrogen-bond donors (Lipinski definition) is 1. The average molecular weight is 479 g/mol. The lowest BCUT2D eigenvalue weighted by atomic mass is 9.95. The van der Waals surface area contributed by atoms with Crippen molar-refractivity contribution in [2.24, 2.45) is 0 Å². The molecule has 0 aromatic heterocycles. The molecule has 2 aliphatic rings. The number of hydrogen-bond acceptors (Lipinski definition) is 5. The Hall–Kier alpha value is -2.45. The van der Waals surface area contributed by atoms with E-state index >= 15 is 0 Å². The Labute approximate surface area is 194 Å². The number of carbonyl (C=O) groups is 2. The van der Waals surface area contributed by atoms with Crippen molar-refractivity contribution in [3.05, 3.63) is 75.0 Å². The number of ketones is 1. The van der Waals surface area contributed by atoms with E-state index in [0.29, 0.717) is 30.3 Å². The molecule has 6 nitrogen and oxygen atoms in total. The average Bonchev–Trinajstić information content (AvgIpc) is 3.03. The summed E-state index contributed by atoms with van der Waals surface area (Å²) in [6.07, 6.45) is 0. The number of halogens is 3. The molecule has 2 aromatic carbocycles. The molecule has 2 aliphatic heterocycles. The molecule has 1 atom stereocenters. The number of ether oxygens (including phenoxy) is 1. The van der Waals surface area contributed by atoms with Crippen molar-refractivity contribution in [1.29, 1.82) is 0 Å². The van der Waals surface area contributed by atoms with Crippen LogP contribution in [0.1, 0.15) is 17.2 Å². The molecule has 32 heavy (non-hydrogen) atoms. The van der Waals surface area contributed by atoms with Gasteiger partial charge in [-0.2, -0.15) is 0 Å². The van der Waals surface area contributed by atoms with E-state index in [1.54, 1.807) is 12.1 Å². The highest BCUT2D eigenvalue weighted by molar-refractivity contribution is 6.47. The van der Waals surface area contributed by atoms with Crippen LogP contribution in [0.3, 0.4) is 0 Å². The molecule has 2 fully saturated rings. The Bertz CT molecular complexity index is 1070. The van der Waals surface area contributed by atoms with Crippen LogP contribution in [0.25, 0.3) is 5.76 Å². The number of morpholine rings is 1. The predicted octanol–water partition coefficient (Wildman–Crippen LogP) is 3.89. The van der Waals surface area contributed by atoms with Crippen molar-refractivity contribution >= 4 is 40.7 Å². The maximum absolute atomic E-state index is 13.4. The highest BCUT2D eigenvalue weighted by Crippen LogP contribution is 2.42. The van der Waals surface area contributed by atoms with Crippen molar-refractivity contribution in [2.45, 2.75) is 6.04 Å². The quantitative estimate of drug-likeness (QED) is 0.401. The molecule has 1 amide bonds. The summed E-state index contributed by atoms with van der Waals surface area (Å²) in [4.78, 5) is 29.6. The number of aliphatic hydroxyl groups excluding tert-OH is 1. The van der Waals surface area contributed by atoms with Crippen molar-refractivity contribution in [3.8, 4) is 0 Å². The summed E-state index contributed by atoms with van der Waals surface area (Å²) in [7, 11) is 0. The van der Waals surface area contributed by atoms with Gasteiger partial charge in [0.15, 0.2) is 0 Å². The van der Waals surface area contributed by atoms with E-state index in [-0.39, 0.29) is 28.5 Å². The van der Waals surface area contributed by atoms with Crippen molar-refractivity contribution in [1.82, 2.24) is 9.80 Å². The summed E-state index contributed by atoms with van der Waals surface area (Å²) < 4.78 is 18.7. The van der Waals surface area contributed by atoms with E-state index in [1.165, 1.54) is 35.2 Å². The zero-order valence-corrected chi connectivity index (χ0v) is 18.6. The highest BCUT2D eigenvalue weighted by Gasteiger charge is 2.46. The first-order chi connectivity index (χ1) is 15.4. The Morgan fingerprint density at radius 1 is 1.06 bits per heavy atom. The van der Waals surface area contributed by atoms with Crippen LogP contribution in [-0.4, -0.2) is 66.0 Å². The monoisotopic (exact) mass is 478 g/mol. The SMILES string of the molecule is O=C1C(=O)N(CCN2CCOCC2)[C@@H](c2ccc(Cl)cc2Cl)C1=C(O)c1ccc(F)cc1. The molecule has 0 aliphatic carbocycles. The summed E-state index contributed by atoms with van der Waals surface area (Å²) in [6.45, 7) is 3.46. The van der Waals surface area contributed by atoms with Crippen molar-refractivity contribution < 1.29 is 23.8 Å². The van der Waals surface area contributed by atoms with Crippen LogP contribution in [-0.2, 0) is 14.3 Å². The van der Waals surface area contributed by atoms with Crippen LogP contribution < -0.4 is 0 Å². The van der Waals surface area contributed by atoms with Crippen LogP contribution in [0.4, 0.5) is 4.39 Å². The van der Waals surface area contributed by atoms with Crippen LogP contribution in [0, 0.1) is 5.82 Å². The van der Waals surface area contributed by atoms with E-state index in [9.17, 15) is 19.1 Å². The molecular formula is C23H21Cl2FN2O4. The maximum atomic E-state index is 13.4. The normalized spacial score (nSPS) is 21.3. The van der Waals surface area contributed by atoms with Crippen LogP contribution in [0.5, 0.6) is 0 Å². The van der Waals surface area contributed by atoms with Gasteiger partial charge in [0.05, 0.1) is 24.8 Å². The smallest absolute Gasteiger partial charge is 0.295 e. The van der Waals surface area contributed by atoms with Gasteiger partial charge < -0.3 is 14.7 Å². The molecule has 9 heteroatoms. The van der Waals surface area contributed by atoms with Gasteiger partial charge in [-0.15, -0.1) is 0 Å². The van der Waals surface area contributed by atoms with Gasteiger partial charge in [0.2, 0.25) is 0 Å². The Morgan fingerprint density at radius 3 is 2.41 bits per heavy atom. The third kappa shape index (κ3) is 4.52. The molecule has 0 bridgehead atoms. The zero-order chi connectivity index (χ0) is 22.8. The second-order valence-corrected chi connectivity index (χ2v) is 8.46. The molecule has 0 saturated carbocycles. The summed E-state index contributed by atoms with van der Waals surface area (Å²) >= 11 is 12.5. The van der Waals surface area contributed by atoms with Crippen LogP contribution >= 0.6 is 23.2 Å². The third-order valence-electron chi connectivity index (χ3n) is 5.68. The van der Waals surface area contributed by atoms with Gasteiger partial charge in [-0.1, -0.05) is 29.3 Å². The lowest BCUT2D eigenvalue weighted by Crippen LogP contribution is -2.42. The molecule has 168 valence electrons. The van der Waals surface area contributed by atoms with Crippen LogP contribution in [0.2, 0.25) is 10.0 Å². The summed E-state index contributed by atoms with van der Waals surface area (Å²) in [5, 5.41) is 11.6.